The zero-order valence-electron chi connectivity index (χ0n) is 33.0. The highest BCUT2D eigenvalue weighted by Gasteiger charge is 2.19. The molecule has 1 heteroatoms. The molecule has 218 valence electrons. The molecular weight excluding hydrogens is 569 g/mol. The third kappa shape index (κ3) is 3.97. The van der Waals surface area contributed by atoms with Crippen LogP contribution in [0.5, 0.6) is 0 Å². The first kappa shape index (κ1) is 19.4. The van der Waals surface area contributed by atoms with Gasteiger partial charge < -0.3 is 4.42 Å². The zero-order valence-corrected chi connectivity index (χ0v) is 25.0. The van der Waals surface area contributed by atoms with Crippen molar-refractivity contribution in [1.82, 2.24) is 0 Å². The quantitative estimate of drug-likeness (QED) is 0.183. The van der Waals surface area contributed by atoms with Gasteiger partial charge in [-0.3, -0.25) is 0 Å². The van der Waals surface area contributed by atoms with E-state index in [4.69, 9.17) is 9.90 Å². The van der Waals surface area contributed by atoms with E-state index in [9.17, 15) is 5.48 Å². The van der Waals surface area contributed by atoms with Crippen LogP contribution in [-0.4, -0.2) is 0 Å². The average molecular weight is 605 g/mol. The fourth-order valence-corrected chi connectivity index (χ4v) is 7.19. The van der Waals surface area contributed by atoms with Gasteiger partial charge in [0.25, 0.3) is 0 Å². The van der Waals surface area contributed by atoms with E-state index in [1.807, 2.05) is 78.9 Å². The number of rotatable bonds is 3. The van der Waals surface area contributed by atoms with E-state index < -0.39 is 24.2 Å². The Hall–Kier alpha value is -6.18. The molecule has 0 atom stereocenters. The summed E-state index contributed by atoms with van der Waals surface area (Å²) in [4.78, 5) is 0. The summed E-state index contributed by atoms with van der Waals surface area (Å²) in [5.74, 6) is 0. The van der Waals surface area contributed by atoms with Crippen molar-refractivity contribution in [2.75, 3.05) is 0 Å². The third-order valence-corrected chi connectivity index (χ3v) is 9.29. The van der Waals surface area contributed by atoms with Crippen molar-refractivity contribution < 1.29 is 15.4 Å². The molecule has 1 heterocycles. The Morgan fingerprint density at radius 3 is 1.66 bits per heavy atom. The fourth-order valence-electron chi connectivity index (χ4n) is 7.19. The van der Waals surface area contributed by atoms with E-state index >= 15 is 0 Å². The van der Waals surface area contributed by atoms with Crippen LogP contribution < -0.4 is 0 Å². The standard InChI is InChI=1S/C46H28O/c1-2-12-30-27-31(22-21-29(30)11-1)33-24-25-41(35-14-4-3-13-34(33)35)46-39-18-7-5-16-37(39)45(38-17-6-8-19-40(38)46)32-23-26-44-42(28-32)36-15-9-10-20-43(36)47-44/h1-28H/i5D,6D,7D,8D,16D,17D,18D,19D. The summed E-state index contributed by atoms with van der Waals surface area (Å²) in [6.45, 7) is 0. The third-order valence-electron chi connectivity index (χ3n) is 9.29. The Morgan fingerprint density at radius 2 is 0.915 bits per heavy atom. The zero-order chi connectivity index (χ0) is 37.9. The van der Waals surface area contributed by atoms with Crippen molar-refractivity contribution >= 4 is 65.0 Å². The number of benzene rings is 9. The van der Waals surface area contributed by atoms with Crippen LogP contribution in [0.1, 0.15) is 11.0 Å². The maximum Gasteiger partial charge on any atom is 0.135 e. The van der Waals surface area contributed by atoms with Crippen molar-refractivity contribution in [3.8, 4) is 33.4 Å². The molecule has 0 radical (unpaired) electrons. The van der Waals surface area contributed by atoms with E-state index in [0.29, 0.717) is 33.4 Å². The van der Waals surface area contributed by atoms with Crippen LogP contribution in [0.4, 0.5) is 0 Å². The first-order valence-electron chi connectivity index (χ1n) is 19.5. The second-order valence-electron chi connectivity index (χ2n) is 11.8. The van der Waals surface area contributed by atoms with Crippen molar-refractivity contribution in [2.45, 2.75) is 0 Å². The van der Waals surface area contributed by atoms with Gasteiger partial charge in [-0.15, -0.1) is 0 Å². The molecule has 10 rings (SSSR count). The molecule has 1 nitrogen and oxygen atoms in total. The minimum Gasteiger partial charge on any atom is -0.456 e. The van der Waals surface area contributed by atoms with Crippen molar-refractivity contribution in [1.29, 1.82) is 0 Å². The van der Waals surface area contributed by atoms with Crippen LogP contribution in [0.15, 0.2) is 174 Å². The van der Waals surface area contributed by atoms with Crippen LogP contribution in [0.3, 0.4) is 0 Å². The predicted octanol–water partition coefficient (Wildman–Crippen LogP) is 13.2. The topological polar surface area (TPSA) is 13.1 Å². The van der Waals surface area contributed by atoms with E-state index in [1.165, 1.54) is 0 Å². The molecule has 0 saturated carbocycles. The summed E-state index contributed by atoms with van der Waals surface area (Å²) in [7, 11) is 0. The average Bonchev–Trinajstić information content (AvgIpc) is 3.60. The van der Waals surface area contributed by atoms with Crippen LogP contribution >= 0.6 is 0 Å². The maximum atomic E-state index is 9.45. The second-order valence-corrected chi connectivity index (χ2v) is 11.8. The molecule has 0 spiro atoms. The summed E-state index contributed by atoms with van der Waals surface area (Å²) >= 11 is 0. The summed E-state index contributed by atoms with van der Waals surface area (Å²) < 4.78 is 79.3. The Balaban J connectivity index is 1.40. The second kappa shape index (κ2) is 10.2. The highest BCUT2D eigenvalue weighted by atomic mass is 16.3. The van der Waals surface area contributed by atoms with Crippen molar-refractivity contribution in [2.24, 2.45) is 0 Å². The summed E-state index contributed by atoms with van der Waals surface area (Å²) in [5.41, 5.74) is 5.01. The molecule has 10 aromatic rings. The van der Waals surface area contributed by atoms with E-state index in [0.717, 1.165) is 43.4 Å². The SMILES string of the molecule is [2H]c1c([2H])c([2H])c2c(-c3ccc(-c4ccc5ccccc5c4)c4ccccc34)c3c([2H])c([2H])c([2H])c([2H])c3c(-c3ccc4oc5ccccc5c4c3)c2c1[2H]. The van der Waals surface area contributed by atoms with Gasteiger partial charge in [-0.2, -0.15) is 0 Å². The largest absolute Gasteiger partial charge is 0.456 e. The Bertz CT molecular complexity index is 3230. The lowest BCUT2D eigenvalue weighted by Crippen LogP contribution is -1.92. The molecule has 0 amide bonds. The van der Waals surface area contributed by atoms with Gasteiger partial charge in [0.15, 0.2) is 0 Å². The van der Waals surface area contributed by atoms with Crippen LogP contribution in [0.2, 0.25) is 0 Å². The first-order chi connectivity index (χ1) is 26.6. The fraction of sp³-hybridized carbons (Fsp3) is 0. The predicted molar refractivity (Wildman–Crippen MR) is 200 cm³/mol. The lowest BCUT2D eigenvalue weighted by atomic mass is 9.83. The molecule has 0 aliphatic heterocycles. The van der Waals surface area contributed by atoms with E-state index in [-0.39, 0.29) is 45.7 Å². The number of hydrogen-bond acceptors (Lipinski definition) is 1. The van der Waals surface area contributed by atoms with Gasteiger partial charge in [-0.1, -0.05) is 145 Å². The number of furan rings is 1. The molecule has 0 aliphatic carbocycles. The Labute approximate surface area is 283 Å². The maximum absolute atomic E-state index is 9.45. The van der Waals surface area contributed by atoms with Gasteiger partial charge in [0.1, 0.15) is 11.2 Å². The smallest absolute Gasteiger partial charge is 0.135 e. The number of fused-ring (bicyclic) bond motifs is 7. The minimum atomic E-state index is -0.434. The molecule has 0 unspecified atom stereocenters. The molecule has 0 N–H and O–H groups in total. The van der Waals surface area contributed by atoms with Crippen LogP contribution in [0.25, 0.3) is 98.4 Å². The van der Waals surface area contributed by atoms with E-state index in [2.05, 4.69) is 30.3 Å². The number of hydrogen-bond donors (Lipinski definition) is 0. The lowest BCUT2D eigenvalue weighted by molar-refractivity contribution is 0.669. The highest BCUT2D eigenvalue weighted by molar-refractivity contribution is 6.24. The van der Waals surface area contributed by atoms with Gasteiger partial charge in [0, 0.05) is 10.8 Å². The minimum absolute atomic E-state index is 0.174. The number of para-hydroxylation sites is 1. The molecule has 47 heavy (non-hydrogen) atoms. The molecule has 9 aromatic carbocycles. The lowest BCUT2D eigenvalue weighted by Gasteiger charge is -2.20. The molecule has 0 aliphatic rings. The molecule has 0 saturated heterocycles. The van der Waals surface area contributed by atoms with Crippen molar-refractivity contribution in [3.63, 3.8) is 0 Å². The van der Waals surface area contributed by atoms with E-state index in [1.54, 1.807) is 12.1 Å². The summed E-state index contributed by atoms with van der Waals surface area (Å²) in [6, 6.07) is 36.3. The van der Waals surface area contributed by atoms with Gasteiger partial charge in [-0.05, 0) is 101 Å². The molecular formula is C46H28O. The highest BCUT2D eigenvalue weighted by Crippen LogP contribution is 2.47. The summed E-state index contributed by atoms with van der Waals surface area (Å²) in [6.07, 6.45) is 0. The molecule has 1 aromatic heterocycles. The summed E-state index contributed by atoms with van der Waals surface area (Å²) in [5, 5.41) is 6.21. The van der Waals surface area contributed by atoms with Crippen LogP contribution in [0, 0.1) is 0 Å². The Morgan fingerprint density at radius 1 is 0.362 bits per heavy atom. The first-order valence-corrected chi connectivity index (χ1v) is 15.5. The normalized spacial score (nSPS) is 14.2. The van der Waals surface area contributed by atoms with Crippen molar-refractivity contribution in [3.05, 3.63) is 170 Å². The van der Waals surface area contributed by atoms with Gasteiger partial charge in [0.05, 0.1) is 11.0 Å². The van der Waals surface area contributed by atoms with Crippen LogP contribution in [-0.2, 0) is 0 Å². The van der Waals surface area contributed by atoms with Gasteiger partial charge >= 0.3 is 0 Å². The van der Waals surface area contributed by atoms with Gasteiger partial charge in [0.2, 0.25) is 0 Å². The molecule has 0 bridgehead atoms. The van der Waals surface area contributed by atoms with Gasteiger partial charge in [-0.25, -0.2) is 0 Å². The monoisotopic (exact) mass is 604 g/mol. The Kier molecular flexibility index (Phi) is 4.19. The molecule has 0 fully saturated rings.